The number of nitrogens with two attached hydrogens (primary N) is 1. The fourth-order valence-electron chi connectivity index (χ4n) is 2.57. The lowest BCUT2D eigenvalue weighted by atomic mass is 10.0. The second-order valence-electron chi connectivity index (χ2n) is 5.73. The summed E-state index contributed by atoms with van der Waals surface area (Å²) in [6.45, 7) is 4.03. The molecule has 0 aliphatic carbocycles. The van der Waals surface area contributed by atoms with Crippen LogP contribution in [0.2, 0.25) is 0 Å². The van der Waals surface area contributed by atoms with Crippen LogP contribution in [-0.4, -0.2) is 32.1 Å². The van der Waals surface area contributed by atoms with E-state index in [1.807, 2.05) is 19.1 Å². The van der Waals surface area contributed by atoms with Crippen LogP contribution in [0.4, 0.5) is 0 Å². The molecule has 2 atom stereocenters. The summed E-state index contributed by atoms with van der Waals surface area (Å²) in [4.78, 5) is 0. The van der Waals surface area contributed by atoms with Gasteiger partial charge in [0.2, 0.25) is 0 Å². The van der Waals surface area contributed by atoms with E-state index in [9.17, 15) is 8.42 Å². The van der Waals surface area contributed by atoms with Gasteiger partial charge >= 0.3 is 0 Å². The Morgan fingerprint density at radius 3 is 2.76 bits per heavy atom. The number of ether oxygens (including phenoxy) is 1. The Hall–Kier alpha value is -0.590. The van der Waals surface area contributed by atoms with Crippen molar-refractivity contribution in [3.05, 3.63) is 27.7 Å². The first kappa shape index (κ1) is 16.8. The maximum atomic E-state index is 11.6. The Balaban J connectivity index is 2.25. The van der Waals surface area contributed by atoms with E-state index < -0.39 is 9.84 Å². The topological polar surface area (TPSA) is 69.4 Å². The van der Waals surface area contributed by atoms with Crippen molar-refractivity contribution in [3.8, 4) is 5.75 Å². The van der Waals surface area contributed by atoms with Gasteiger partial charge in [0.05, 0.1) is 11.5 Å². The summed E-state index contributed by atoms with van der Waals surface area (Å²) < 4.78 is 30.2. The molecule has 1 heterocycles. The summed E-state index contributed by atoms with van der Waals surface area (Å²) >= 11 is 3.50. The highest BCUT2D eigenvalue weighted by Gasteiger charge is 2.30. The Bertz CT molecular complexity index is 616. The number of hydrogen-bond donors (Lipinski definition) is 1. The molecule has 1 aromatic rings. The molecule has 0 radical (unpaired) electrons. The van der Waals surface area contributed by atoms with E-state index in [1.54, 1.807) is 0 Å². The molecule has 1 aromatic carbocycles. The molecule has 2 rings (SSSR count). The molecule has 1 aliphatic heterocycles. The quantitative estimate of drug-likeness (QED) is 0.858. The molecule has 0 aromatic heterocycles. The minimum Gasteiger partial charge on any atom is -0.489 e. The summed E-state index contributed by atoms with van der Waals surface area (Å²) in [5.74, 6) is 1.13. The molecular formula is C15H22BrNO3S. The van der Waals surface area contributed by atoms with Gasteiger partial charge < -0.3 is 10.5 Å². The van der Waals surface area contributed by atoms with Gasteiger partial charge in [0.25, 0.3) is 0 Å². The minimum atomic E-state index is -2.94. The van der Waals surface area contributed by atoms with Crippen LogP contribution in [0.5, 0.6) is 5.75 Å². The SMILES string of the molecule is CCC(N)Cc1cc(Br)cc(C)c1OC1CCS(=O)(=O)C1. The van der Waals surface area contributed by atoms with Gasteiger partial charge in [0, 0.05) is 10.5 Å². The van der Waals surface area contributed by atoms with Gasteiger partial charge in [0.1, 0.15) is 11.9 Å². The van der Waals surface area contributed by atoms with Crippen LogP contribution in [0.3, 0.4) is 0 Å². The second-order valence-corrected chi connectivity index (χ2v) is 8.87. The lowest BCUT2D eigenvalue weighted by Gasteiger charge is -2.20. The number of sulfone groups is 1. The number of hydrogen-bond acceptors (Lipinski definition) is 4. The van der Waals surface area contributed by atoms with Crippen LogP contribution in [0.1, 0.15) is 30.9 Å². The third kappa shape index (κ3) is 4.44. The zero-order valence-electron chi connectivity index (χ0n) is 12.4. The average molecular weight is 376 g/mol. The Morgan fingerprint density at radius 2 is 2.19 bits per heavy atom. The highest BCUT2D eigenvalue weighted by atomic mass is 79.9. The largest absolute Gasteiger partial charge is 0.489 e. The van der Waals surface area contributed by atoms with Crippen molar-refractivity contribution in [3.63, 3.8) is 0 Å². The number of halogens is 1. The van der Waals surface area contributed by atoms with Gasteiger partial charge in [-0.05, 0) is 49.4 Å². The van der Waals surface area contributed by atoms with Crippen molar-refractivity contribution in [1.29, 1.82) is 0 Å². The summed E-state index contributed by atoms with van der Waals surface area (Å²) in [6, 6.07) is 4.08. The van der Waals surface area contributed by atoms with Crippen LogP contribution in [0, 0.1) is 6.92 Å². The molecule has 6 heteroatoms. The van der Waals surface area contributed by atoms with Crippen molar-refractivity contribution in [2.24, 2.45) is 5.73 Å². The smallest absolute Gasteiger partial charge is 0.154 e. The molecule has 0 bridgehead atoms. The van der Waals surface area contributed by atoms with E-state index in [-0.39, 0.29) is 23.7 Å². The monoisotopic (exact) mass is 375 g/mol. The maximum Gasteiger partial charge on any atom is 0.154 e. The predicted octanol–water partition coefficient (Wildman–Crippen LogP) is 2.60. The van der Waals surface area contributed by atoms with Gasteiger partial charge in [-0.2, -0.15) is 0 Å². The zero-order valence-corrected chi connectivity index (χ0v) is 14.8. The summed E-state index contributed by atoms with van der Waals surface area (Å²) in [6.07, 6.45) is 1.94. The van der Waals surface area contributed by atoms with Crippen molar-refractivity contribution in [2.45, 2.75) is 45.3 Å². The van der Waals surface area contributed by atoms with E-state index in [0.717, 1.165) is 34.2 Å². The molecule has 0 saturated carbocycles. The molecule has 118 valence electrons. The van der Waals surface area contributed by atoms with E-state index in [1.165, 1.54) is 0 Å². The van der Waals surface area contributed by atoms with Crippen LogP contribution >= 0.6 is 15.9 Å². The van der Waals surface area contributed by atoms with Crippen LogP contribution < -0.4 is 10.5 Å². The number of rotatable bonds is 5. The number of aryl methyl sites for hydroxylation is 1. The molecule has 0 spiro atoms. The lowest BCUT2D eigenvalue weighted by Crippen LogP contribution is -2.23. The van der Waals surface area contributed by atoms with Crippen LogP contribution in [-0.2, 0) is 16.3 Å². The fourth-order valence-corrected chi connectivity index (χ4v) is 4.78. The van der Waals surface area contributed by atoms with E-state index in [0.29, 0.717) is 6.42 Å². The van der Waals surface area contributed by atoms with Gasteiger partial charge in [-0.1, -0.05) is 22.9 Å². The maximum absolute atomic E-state index is 11.6. The van der Waals surface area contributed by atoms with Gasteiger partial charge in [-0.25, -0.2) is 8.42 Å². The third-order valence-electron chi connectivity index (χ3n) is 3.80. The van der Waals surface area contributed by atoms with E-state index in [4.69, 9.17) is 10.5 Å². The zero-order chi connectivity index (χ0) is 15.6. The number of benzene rings is 1. The van der Waals surface area contributed by atoms with Gasteiger partial charge in [-0.15, -0.1) is 0 Å². The van der Waals surface area contributed by atoms with Crippen molar-refractivity contribution in [2.75, 3.05) is 11.5 Å². The van der Waals surface area contributed by atoms with E-state index in [2.05, 4.69) is 22.9 Å². The Kier molecular flexibility index (Phi) is 5.33. The first-order valence-electron chi connectivity index (χ1n) is 7.22. The van der Waals surface area contributed by atoms with Crippen LogP contribution in [0.25, 0.3) is 0 Å². The van der Waals surface area contributed by atoms with Crippen LogP contribution in [0.15, 0.2) is 16.6 Å². The van der Waals surface area contributed by atoms with Crippen molar-refractivity contribution in [1.82, 2.24) is 0 Å². The molecule has 0 amide bonds. The lowest BCUT2D eigenvalue weighted by molar-refractivity contribution is 0.224. The molecule has 2 N–H and O–H groups in total. The summed E-state index contributed by atoms with van der Waals surface area (Å²) in [5.41, 5.74) is 8.11. The Labute approximate surface area is 135 Å². The fraction of sp³-hybridized carbons (Fsp3) is 0.600. The molecule has 2 unspecified atom stereocenters. The van der Waals surface area contributed by atoms with Crippen molar-refractivity contribution >= 4 is 25.8 Å². The first-order valence-corrected chi connectivity index (χ1v) is 9.84. The molecule has 1 fully saturated rings. The molecule has 1 saturated heterocycles. The molecule has 4 nitrogen and oxygen atoms in total. The molecular weight excluding hydrogens is 354 g/mol. The Morgan fingerprint density at radius 1 is 1.48 bits per heavy atom. The molecule has 21 heavy (non-hydrogen) atoms. The standard InChI is InChI=1S/C15H22BrNO3S/c1-3-13(17)8-11-7-12(16)6-10(2)15(11)20-14-4-5-21(18,19)9-14/h6-7,13-14H,3-5,8-9,17H2,1-2H3. The summed E-state index contributed by atoms with van der Waals surface area (Å²) in [7, 11) is -2.94. The average Bonchev–Trinajstić information content (AvgIpc) is 2.73. The van der Waals surface area contributed by atoms with Gasteiger partial charge in [0.15, 0.2) is 9.84 Å². The van der Waals surface area contributed by atoms with Gasteiger partial charge in [-0.3, -0.25) is 0 Å². The second kappa shape index (κ2) is 6.67. The first-order chi connectivity index (χ1) is 9.80. The third-order valence-corrected chi connectivity index (χ3v) is 5.99. The highest BCUT2D eigenvalue weighted by Crippen LogP contribution is 2.31. The normalized spacial score (nSPS) is 22.2. The summed E-state index contributed by atoms with van der Waals surface area (Å²) in [5, 5.41) is 0. The highest BCUT2D eigenvalue weighted by molar-refractivity contribution is 9.10. The van der Waals surface area contributed by atoms with E-state index >= 15 is 0 Å². The minimum absolute atomic E-state index is 0.0772. The predicted molar refractivity (Wildman–Crippen MR) is 88.5 cm³/mol. The van der Waals surface area contributed by atoms with Crippen molar-refractivity contribution < 1.29 is 13.2 Å². The molecule has 1 aliphatic rings.